The highest BCUT2D eigenvalue weighted by molar-refractivity contribution is 5.93. The van der Waals surface area contributed by atoms with Gasteiger partial charge in [-0.1, -0.05) is 12.1 Å². The Balaban J connectivity index is 1.73. The number of hydrogen-bond donors (Lipinski definition) is 0. The van der Waals surface area contributed by atoms with E-state index in [1.165, 1.54) is 24.5 Å². The summed E-state index contributed by atoms with van der Waals surface area (Å²) in [4.78, 5) is 14.0. The second-order valence-electron chi connectivity index (χ2n) is 5.36. The van der Waals surface area contributed by atoms with Crippen LogP contribution in [0.3, 0.4) is 0 Å². The Morgan fingerprint density at radius 2 is 1.92 bits per heavy atom. The number of ether oxygens (including phenoxy) is 1. The molecule has 0 bridgehead atoms. The summed E-state index contributed by atoms with van der Waals surface area (Å²) in [5.74, 6) is -0.204. The zero-order valence-electron chi connectivity index (χ0n) is 12.5. The number of alkyl halides is 3. The molecule has 1 saturated heterocycles. The first-order valence-electron chi connectivity index (χ1n) is 7.30. The van der Waals surface area contributed by atoms with Crippen LogP contribution < -0.4 is 0 Å². The lowest BCUT2D eigenvalue weighted by atomic mass is 10.0. The maximum Gasteiger partial charge on any atom is 0.416 e. The first-order chi connectivity index (χ1) is 11.4. The quantitative estimate of drug-likeness (QED) is 0.845. The van der Waals surface area contributed by atoms with Crippen LogP contribution >= 0.6 is 0 Å². The second kappa shape index (κ2) is 6.56. The fourth-order valence-electron chi connectivity index (χ4n) is 2.52. The van der Waals surface area contributed by atoms with Crippen molar-refractivity contribution >= 4 is 5.91 Å². The Hall–Kier alpha value is -2.48. The van der Waals surface area contributed by atoms with Gasteiger partial charge in [0.2, 0.25) is 0 Å². The van der Waals surface area contributed by atoms with E-state index in [0.29, 0.717) is 24.3 Å². The maximum atomic E-state index is 12.6. The molecule has 1 aromatic carbocycles. The number of amides is 1. The van der Waals surface area contributed by atoms with Crippen molar-refractivity contribution in [1.82, 2.24) is 15.1 Å². The van der Waals surface area contributed by atoms with E-state index in [9.17, 15) is 18.0 Å². The van der Waals surface area contributed by atoms with Crippen LogP contribution in [0.5, 0.6) is 0 Å². The summed E-state index contributed by atoms with van der Waals surface area (Å²) in [6, 6.07) is 6.38. The van der Waals surface area contributed by atoms with Crippen molar-refractivity contribution in [3.63, 3.8) is 0 Å². The molecule has 3 rings (SSSR count). The van der Waals surface area contributed by atoms with Crippen LogP contribution in [0, 0.1) is 0 Å². The summed E-state index contributed by atoms with van der Waals surface area (Å²) in [6.07, 6.45) is -2.02. The molecule has 2 aromatic rings. The van der Waals surface area contributed by atoms with E-state index in [0.717, 1.165) is 12.1 Å². The van der Waals surface area contributed by atoms with Gasteiger partial charge in [-0.2, -0.15) is 23.4 Å². The summed E-state index contributed by atoms with van der Waals surface area (Å²) in [5, 5.41) is 7.30. The van der Waals surface area contributed by atoms with Crippen molar-refractivity contribution in [2.45, 2.75) is 12.3 Å². The van der Waals surface area contributed by atoms with Crippen molar-refractivity contribution in [3.05, 3.63) is 59.4 Å². The Morgan fingerprint density at radius 3 is 2.54 bits per heavy atom. The monoisotopic (exact) mass is 337 g/mol. The van der Waals surface area contributed by atoms with Gasteiger partial charge in [0.05, 0.1) is 36.7 Å². The fourth-order valence-corrected chi connectivity index (χ4v) is 2.52. The molecule has 0 saturated carbocycles. The minimum atomic E-state index is -4.37. The number of rotatable bonds is 2. The molecule has 2 heterocycles. The highest BCUT2D eigenvalue weighted by Crippen LogP contribution is 2.31. The van der Waals surface area contributed by atoms with Crippen molar-refractivity contribution in [2.24, 2.45) is 0 Å². The SMILES string of the molecule is O=C(c1ccnnc1)N1CCO[C@H](c2ccc(C(F)(F)F)cc2)C1. The molecule has 1 aliphatic heterocycles. The molecule has 0 N–H and O–H groups in total. The zero-order chi connectivity index (χ0) is 17.2. The van der Waals surface area contributed by atoms with E-state index < -0.39 is 17.8 Å². The second-order valence-corrected chi connectivity index (χ2v) is 5.36. The van der Waals surface area contributed by atoms with Crippen molar-refractivity contribution in [2.75, 3.05) is 19.7 Å². The summed E-state index contributed by atoms with van der Waals surface area (Å²) in [7, 11) is 0. The lowest BCUT2D eigenvalue weighted by molar-refractivity contribution is -0.137. The van der Waals surface area contributed by atoms with Crippen LogP contribution in [0.4, 0.5) is 13.2 Å². The van der Waals surface area contributed by atoms with Gasteiger partial charge >= 0.3 is 6.18 Å². The maximum absolute atomic E-state index is 12.6. The number of morpholine rings is 1. The molecular formula is C16H14F3N3O2. The van der Waals surface area contributed by atoms with Gasteiger partial charge in [0, 0.05) is 6.54 Å². The molecule has 0 radical (unpaired) electrons. The molecule has 1 aliphatic rings. The summed E-state index contributed by atoms with van der Waals surface area (Å²) < 4.78 is 43.5. The van der Waals surface area contributed by atoms with Gasteiger partial charge in [0.15, 0.2) is 0 Å². The van der Waals surface area contributed by atoms with Gasteiger partial charge in [-0.25, -0.2) is 0 Å². The van der Waals surface area contributed by atoms with Gasteiger partial charge < -0.3 is 9.64 Å². The smallest absolute Gasteiger partial charge is 0.370 e. The lowest BCUT2D eigenvalue weighted by Crippen LogP contribution is -2.42. The molecule has 0 unspecified atom stereocenters. The first kappa shape index (κ1) is 16.4. The number of carbonyl (C=O) groups is 1. The lowest BCUT2D eigenvalue weighted by Gasteiger charge is -2.33. The third-order valence-corrected chi connectivity index (χ3v) is 3.79. The average molecular weight is 337 g/mol. The third kappa shape index (κ3) is 3.53. The van der Waals surface area contributed by atoms with Crippen LogP contribution in [0.1, 0.15) is 27.6 Å². The van der Waals surface area contributed by atoms with E-state index >= 15 is 0 Å². The summed E-state index contributed by atoms with van der Waals surface area (Å²) in [5.41, 5.74) is 0.310. The van der Waals surface area contributed by atoms with E-state index in [2.05, 4.69) is 10.2 Å². The minimum Gasteiger partial charge on any atom is -0.370 e. The van der Waals surface area contributed by atoms with E-state index in [1.54, 1.807) is 11.0 Å². The molecule has 8 heteroatoms. The van der Waals surface area contributed by atoms with Gasteiger partial charge in [0.1, 0.15) is 6.10 Å². The number of benzene rings is 1. The van der Waals surface area contributed by atoms with Crippen LogP contribution in [-0.2, 0) is 10.9 Å². The van der Waals surface area contributed by atoms with Gasteiger partial charge in [-0.05, 0) is 23.8 Å². The van der Waals surface area contributed by atoms with Crippen molar-refractivity contribution in [1.29, 1.82) is 0 Å². The molecule has 1 aromatic heterocycles. The highest BCUT2D eigenvalue weighted by Gasteiger charge is 2.31. The largest absolute Gasteiger partial charge is 0.416 e. The summed E-state index contributed by atoms with van der Waals surface area (Å²) in [6.45, 7) is 1.00. The Labute approximate surface area is 136 Å². The predicted molar refractivity (Wildman–Crippen MR) is 78.1 cm³/mol. The standard InChI is InChI=1S/C16H14F3N3O2/c17-16(18,19)13-3-1-11(2-4-13)14-10-22(7-8-24-14)15(23)12-5-6-20-21-9-12/h1-6,9,14H,7-8,10H2/t14-/m0/s1. The predicted octanol–water partition coefficient (Wildman–Crippen LogP) is 2.71. The first-order valence-corrected chi connectivity index (χ1v) is 7.30. The highest BCUT2D eigenvalue weighted by atomic mass is 19.4. The van der Waals surface area contributed by atoms with Crippen molar-refractivity contribution in [3.8, 4) is 0 Å². The minimum absolute atomic E-state index is 0.204. The molecule has 1 fully saturated rings. The normalized spacial score (nSPS) is 18.5. The fraction of sp³-hybridized carbons (Fsp3) is 0.312. The van der Waals surface area contributed by atoms with Crippen LogP contribution in [0.15, 0.2) is 42.7 Å². The van der Waals surface area contributed by atoms with Crippen LogP contribution in [-0.4, -0.2) is 40.7 Å². The Morgan fingerprint density at radius 1 is 1.17 bits per heavy atom. The number of aromatic nitrogens is 2. The van der Waals surface area contributed by atoms with Crippen molar-refractivity contribution < 1.29 is 22.7 Å². The molecule has 0 spiro atoms. The van der Waals surface area contributed by atoms with Crippen LogP contribution in [0.25, 0.3) is 0 Å². The Kier molecular flexibility index (Phi) is 4.48. The Bertz CT molecular complexity index is 705. The average Bonchev–Trinajstić information content (AvgIpc) is 2.61. The van der Waals surface area contributed by atoms with E-state index in [4.69, 9.17) is 4.74 Å². The molecule has 0 aliphatic carbocycles. The number of halogens is 3. The molecule has 126 valence electrons. The van der Waals surface area contributed by atoms with Gasteiger partial charge in [0.25, 0.3) is 5.91 Å². The topological polar surface area (TPSA) is 55.3 Å². The number of carbonyl (C=O) groups excluding carboxylic acids is 1. The number of hydrogen-bond acceptors (Lipinski definition) is 4. The summed E-state index contributed by atoms with van der Waals surface area (Å²) >= 11 is 0. The van der Waals surface area contributed by atoms with E-state index in [1.807, 2.05) is 0 Å². The molecular weight excluding hydrogens is 323 g/mol. The molecule has 1 atom stereocenters. The number of nitrogens with zero attached hydrogens (tertiary/aromatic N) is 3. The zero-order valence-corrected chi connectivity index (χ0v) is 12.5. The molecule has 1 amide bonds. The van der Waals surface area contributed by atoms with Crippen LogP contribution in [0.2, 0.25) is 0 Å². The third-order valence-electron chi connectivity index (χ3n) is 3.79. The van der Waals surface area contributed by atoms with Gasteiger partial charge in [-0.3, -0.25) is 4.79 Å². The van der Waals surface area contributed by atoms with E-state index in [-0.39, 0.29) is 12.5 Å². The molecule has 24 heavy (non-hydrogen) atoms. The molecule has 5 nitrogen and oxygen atoms in total. The van der Waals surface area contributed by atoms with Gasteiger partial charge in [-0.15, -0.1) is 0 Å².